The van der Waals surface area contributed by atoms with Gasteiger partial charge in [-0.05, 0) is 0 Å². The highest BCUT2D eigenvalue weighted by atomic mass is 16.1. The summed E-state index contributed by atoms with van der Waals surface area (Å²) < 4.78 is 0. The van der Waals surface area contributed by atoms with E-state index < -0.39 is 0 Å². The van der Waals surface area contributed by atoms with Crippen molar-refractivity contribution in [2.75, 3.05) is 0 Å². The van der Waals surface area contributed by atoms with Crippen molar-refractivity contribution in [1.82, 2.24) is 0 Å². The topological polar surface area (TPSA) is 86.2 Å². The van der Waals surface area contributed by atoms with Crippen molar-refractivity contribution in [2.24, 2.45) is 11.5 Å². The minimum absolute atomic E-state index is 0. The first-order valence-corrected chi connectivity index (χ1v) is 1.99. The van der Waals surface area contributed by atoms with E-state index in [1.54, 1.807) is 0 Å². The average molecular weight is 129 g/mol. The minimum atomic E-state index is -0.333. The number of amides is 2. The van der Waals surface area contributed by atoms with E-state index in [-0.39, 0.29) is 20.2 Å². The lowest BCUT2D eigenvalue weighted by Gasteiger charge is -1.60. The van der Waals surface area contributed by atoms with E-state index in [1.807, 2.05) is 0 Å². The van der Waals surface area contributed by atoms with Crippen molar-refractivity contribution in [3.8, 4) is 0 Å². The Kier molecular flexibility index (Phi) is 17.6. The standard InChI is InChI=1S/2C2H5NO.B/c2*1-2(3)4;/h2*1H3,(H2,3,4);. The van der Waals surface area contributed by atoms with Gasteiger partial charge in [0.15, 0.2) is 0 Å². The summed E-state index contributed by atoms with van der Waals surface area (Å²) >= 11 is 0. The fourth-order valence-corrected chi connectivity index (χ4v) is 0. The average Bonchev–Trinajstić information content (AvgIpc) is 1.25. The van der Waals surface area contributed by atoms with Crippen LogP contribution in [0.3, 0.4) is 0 Å². The van der Waals surface area contributed by atoms with Crippen LogP contribution in [-0.2, 0) is 9.59 Å². The molecule has 2 amide bonds. The fourth-order valence-electron chi connectivity index (χ4n) is 0. The Morgan fingerprint density at radius 3 is 1.00 bits per heavy atom. The molecular weight excluding hydrogens is 119 g/mol. The number of nitrogens with two attached hydrogens (primary N) is 2. The van der Waals surface area contributed by atoms with Crippen LogP contribution in [0.5, 0.6) is 0 Å². The maximum Gasteiger partial charge on any atom is 0.214 e. The van der Waals surface area contributed by atoms with Crippen LogP contribution < -0.4 is 11.5 Å². The van der Waals surface area contributed by atoms with Gasteiger partial charge in [-0.25, -0.2) is 0 Å². The van der Waals surface area contributed by atoms with Gasteiger partial charge in [-0.15, -0.1) is 0 Å². The lowest BCUT2D eigenvalue weighted by molar-refractivity contribution is -0.116. The summed E-state index contributed by atoms with van der Waals surface area (Å²) in [7, 11) is 0. The van der Waals surface area contributed by atoms with Gasteiger partial charge < -0.3 is 11.5 Å². The lowest BCUT2D eigenvalue weighted by atomic mass is 10.8. The molecule has 0 heterocycles. The van der Waals surface area contributed by atoms with Gasteiger partial charge in [0, 0.05) is 22.3 Å². The van der Waals surface area contributed by atoms with Crippen LogP contribution >= 0.6 is 0 Å². The zero-order valence-electron chi connectivity index (χ0n) is 5.55. The van der Waals surface area contributed by atoms with Crippen LogP contribution in [-0.4, -0.2) is 20.2 Å². The molecule has 0 aromatic heterocycles. The molecule has 3 radical (unpaired) electrons. The van der Waals surface area contributed by atoms with E-state index in [0.717, 1.165) is 0 Å². The normalized spacial score (nSPS) is 5.56. The van der Waals surface area contributed by atoms with Gasteiger partial charge in [0.25, 0.3) is 0 Å². The Balaban J connectivity index is -0.0000000720. The summed E-state index contributed by atoms with van der Waals surface area (Å²) in [6.45, 7) is 2.61. The molecule has 51 valence electrons. The number of carbonyl (C=O) groups excluding carboxylic acids is 2. The molecule has 0 aromatic rings. The Labute approximate surface area is 56.2 Å². The molecule has 0 saturated carbocycles. The number of hydrogen-bond acceptors (Lipinski definition) is 2. The number of primary amides is 2. The molecule has 4 nitrogen and oxygen atoms in total. The van der Waals surface area contributed by atoms with Gasteiger partial charge in [-0.2, -0.15) is 0 Å². The SMILES string of the molecule is CC(N)=O.CC(N)=O.[B]. The molecule has 0 atom stereocenters. The van der Waals surface area contributed by atoms with Gasteiger partial charge in [-0.1, -0.05) is 0 Å². The van der Waals surface area contributed by atoms with Gasteiger partial charge in [-0.3, -0.25) is 9.59 Å². The third kappa shape index (κ3) is 177. The molecule has 5 heteroatoms. The Bertz CT molecular complexity index is 74.6. The van der Waals surface area contributed by atoms with Gasteiger partial charge in [0.1, 0.15) is 0 Å². The molecule has 0 unspecified atom stereocenters. The zero-order valence-corrected chi connectivity index (χ0v) is 5.55. The molecule has 0 fully saturated rings. The van der Waals surface area contributed by atoms with Crippen LogP contribution in [0.25, 0.3) is 0 Å². The van der Waals surface area contributed by atoms with Crippen LogP contribution in [0.4, 0.5) is 0 Å². The van der Waals surface area contributed by atoms with Gasteiger partial charge in [0.05, 0.1) is 0 Å². The summed E-state index contributed by atoms with van der Waals surface area (Å²) in [4.78, 5) is 18.4. The fraction of sp³-hybridized carbons (Fsp3) is 0.500. The van der Waals surface area contributed by atoms with E-state index in [0.29, 0.717) is 0 Å². The van der Waals surface area contributed by atoms with Crippen LogP contribution in [0.15, 0.2) is 0 Å². The quantitative estimate of drug-likeness (QED) is 0.394. The first-order chi connectivity index (χ1) is 3.46. The van der Waals surface area contributed by atoms with Crippen LogP contribution in [0.2, 0.25) is 0 Å². The van der Waals surface area contributed by atoms with E-state index in [9.17, 15) is 9.59 Å². The largest absolute Gasteiger partial charge is 0.370 e. The van der Waals surface area contributed by atoms with Gasteiger partial charge in [0.2, 0.25) is 11.8 Å². The number of rotatable bonds is 0. The highest BCUT2D eigenvalue weighted by Crippen LogP contribution is 1.33. The maximum absolute atomic E-state index is 9.22. The molecule has 9 heavy (non-hydrogen) atoms. The van der Waals surface area contributed by atoms with E-state index in [2.05, 4.69) is 11.5 Å². The summed E-state index contributed by atoms with van der Waals surface area (Å²) in [5, 5.41) is 0. The predicted octanol–water partition coefficient (Wildman–Crippen LogP) is -1.40. The third-order valence-electron chi connectivity index (χ3n) is 0. The van der Waals surface area contributed by atoms with Crippen molar-refractivity contribution in [3.63, 3.8) is 0 Å². The summed E-state index contributed by atoms with van der Waals surface area (Å²) in [5.41, 5.74) is 8.94. The van der Waals surface area contributed by atoms with Crippen molar-refractivity contribution in [3.05, 3.63) is 0 Å². The highest BCUT2D eigenvalue weighted by Gasteiger charge is 1.61. The monoisotopic (exact) mass is 129 g/mol. The van der Waals surface area contributed by atoms with Crippen LogP contribution in [0, 0.1) is 0 Å². The smallest absolute Gasteiger partial charge is 0.214 e. The first-order valence-electron chi connectivity index (χ1n) is 1.99. The van der Waals surface area contributed by atoms with Crippen molar-refractivity contribution in [2.45, 2.75) is 13.8 Å². The first kappa shape index (κ1) is 15.7. The predicted molar refractivity (Wildman–Crippen MR) is 35.5 cm³/mol. The molecule has 0 aliphatic rings. The molecule has 0 rings (SSSR count). The number of carbonyl (C=O) groups is 2. The second-order valence-corrected chi connectivity index (χ2v) is 1.22. The maximum atomic E-state index is 9.22. The van der Waals surface area contributed by atoms with E-state index >= 15 is 0 Å². The third-order valence-corrected chi connectivity index (χ3v) is 0. The molecule has 4 N–H and O–H groups in total. The van der Waals surface area contributed by atoms with Crippen molar-refractivity contribution < 1.29 is 9.59 Å². The van der Waals surface area contributed by atoms with Crippen LogP contribution in [0.1, 0.15) is 13.8 Å². The molecule has 0 spiro atoms. The molecule has 0 aliphatic carbocycles. The Morgan fingerprint density at radius 2 is 1.00 bits per heavy atom. The summed E-state index contributed by atoms with van der Waals surface area (Å²) in [6.07, 6.45) is 0. The molecule has 0 aromatic carbocycles. The Morgan fingerprint density at radius 1 is 1.00 bits per heavy atom. The Hall–Kier alpha value is -0.995. The second kappa shape index (κ2) is 10.1. The van der Waals surface area contributed by atoms with E-state index in [1.165, 1.54) is 13.8 Å². The van der Waals surface area contributed by atoms with Gasteiger partial charge >= 0.3 is 0 Å². The highest BCUT2D eigenvalue weighted by molar-refractivity contribution is 5.75. The molecular formula is C4H10BN2O2. The molecule has 0 aliphatic heterocycles. The number of hydrogen-bond donors (Lipinski definition) is 2. The lowest BCUT2D eigenvalue weighted by Crippen LogP contribution is -2.01. The minimum Gasteiger partial charge on any atom is -0.370 e. The van der Waals surface area contributed by atoms with E-state index in [4.69, 9.17) is 0 Å². The second-order valence-electron chi connectivity index (χ2n) is 1.22. The molecule has 0 saturated heterocycles. The summed E-state index contributed by atoms with van der Waals surface area (Å²) in [6, 6.07) is 0. The molecule has 0 bridgehead atoms. The van der Waals surface area contributed by atoms with Crippen molar-refractivity contribution >= 4 is 20.2 Å². The van der Waals surface area contributed by atoms with Crippen molar-refractivity contribution in [1.29, 1.82) is 0 Å². The summed E-state index contributed by atoms with van der Waals surface area (Å²) in [5.74, 6) is -0.667. The zero-order chi connectivity index (χ0) is 7.15.